The Morgan fingerprint density at radius 3 is 1.79 bits per heavy atom. The van der Waals surface area contributed by atoms with Gasteiger partial charge in [0.15, 0.2) is 6.04 Å². The number of nitrogens with two attached hydrogens (primary N) is 4. The van der Waals surface area contributed by atoms with Crippen molar-refractivity contribution in [1.29, 1.82) is 0 Å². The van der Waals surface area contributed by atoms with Crippen LogP contribution in [0.5, 0.6) is 0 Å². The maximum atomic E-state index is 14.6. The number of hydrogen-bond acceptors (Lipinski definition) is 16. The number of likely N-dealkylation sites (tertiary alicyclic amines) is 1. The van der Waals surface area contributed by atoms with Crippen molar-refractivity contribution in [3.05, 3.63) is 36.0 Å². The van der Waals surface area contributed by atoms with E-state index < -0.39 is 163 Å². The molecule has 1 aromatic heterocycles. The molecule has 420 valence electrons. The number of amides is 11. The zero-order chi connectivity index (χ0) is 57.1. The molecule has 0 radical (unpaired) electrons. The van der Waals surface area contributed by atoms with Crippen LogP contribution in [0.2, 0.25) is 0 Å². The molecule has 1 aliphatic heterocycles. The van der Waals surface area contributed by atoms with Crippen molar-refractivity contribution in [2.75, 3.05) is 13.2 Å². The fourth-order valence-corrected chi connectivity index (χ4v) is 8.14. The quantitative estimate of drug-likeness (QED) is 0.0334. The lowest BCUT2D eigenvalue weighted by Gasteiger charge is -2.31. The number of aliphatic carboxylic acids is 1. The zero-order valence-corrected chi connectivity index (χ0v) is 42.5. The number of rotatable bonds is 31. The van der Waals surface area contributed by atoms with Gasteiger partial charge in [-0.15, -0.1) is 0 Å². The number of benzene rings is 1. The summed E-state index contributed by atoms with van der Waals surface area (Å²) in [6, 6.07) is -7.45. The van der Waals surface area contributed by atoms with E-state index in [0.717, 1.165) is 18.7 Å². The zero-order valence-electron chi connectivity index (χ0n) is 42.5. The summed E-state index contributed by atoms with van der Waals surface area (Å²) in [7, 11) is 0. The number of primary amides is 3. The molecule has 20 N–H and O–H groups in total. The van der Waals surface area contributed by atoms with Crippen molar-refractivity contribution in [3.8, 4) is 0 Å². The molecule has 0 bridgehead atoms. The number of aromatic amines is 1. The molecule has 0 aliphatic carbocycles. The van der Waals surface area contributed by atoms with E-state index in [-0.39, 0.29) is 51.5 Å². The van der Waals surface area contributed by atoms with E-state index in [1.54, 1.807) is 44.3 Å². The summed E-state index contributed by atoms with van der Waals surface area (Å²) in [6.07, 6.45) is -3.37. The van der Waals surface area contributed by atoms with E-state index in [0.29, 0.717) is 16.5 Å². The SMILES string of the molecule is CC[C@H](C)[C@H](NC(=O)[C@H](CCC(N)=O)NC(=O)[C@@H](N)CCC(N)=O)C(=O)N[C@@H](CC(N)=O)C(=O)N[C@@H](CO)C(=O)N[C@@H](Cc1c[nH]c2ccccc12)C(=O)N1CCC[C@H]1C(=O)N[C@H](C(=O)N[C@H](C(=O)O)[C@@H](C)O)[C@@H](C)O. The molecule has 1 aromatic carbocycles. The number of aliphatic hydroxyl groups is 3. The topological polar surface area (TPSA) is 493 Å². The molecule has 11 amide bonds. The number of hydrogen-bond donors (Lipinski definition) is 16. The van der Waals surface area contributed by atoms with Gasteiger partial charge >= 0.3 is 5.97 Å². The minimum absolute atomic E-state index is 0.0373. The van der Waals surface area contributed by atoms with Gasteiger partial charge in [0, 0.05) is 42.9 Å². The van der Waals surface area contributed by atoms with Gasteiger partial charge in [0.25, 0.3) is 0 Å². The fraction of sp³-hybridized carbons (Fsp3) is 0.574. The van der Waals surface area contributed by atoms with Crippen LogP contribution in [0.15, 0.2) is 30.5 Å². The largest absolute Gasteiger partial charge is 0.480 e. The molecule has 0 unspecified atom stereocenters. The predicted octanol–water partition coefficient (Wildman–Crippen LogP) is -6.29. The van der Waals surface area contributed by atoms with Crippen LogP contribution in [-0.2, 0) is 64.0 Å². The van der Waals surface area contributed by atoms with Gasteiger partial charge in [-0.3, -0.25) is 52.7 Å². The van der Waals surface area contributed by atoms with Gasteiger partial charge in [-0.1, -0.05) is 38.5 Å². The number of carbonyl (C=O) groups excluding carboxylic acids is 11. The lowest BCUT2D eigenvalue weighted by atomic mass is 9.96. The van der Waals surface area contributed by atoms with Gasteiger partial charge in [0.1, 0.15) is 42.3 Å². The van der Waals surface area contributed by atoms with E-state index >= 15 is 0 Å². The van der Waals surface area contributed by atoms with Gasteiger partial charge < -0.3 is 90.5 Å². The Hall–Kier alpha value is -7.76. The van der Waals surface area contributed by atoms with Crippen LogP contribution in [0.25, 0.3) is 10.9 Å². The van der Waals surface area contributed by atoms with Gasteiger partial charge in [-0.05, 0) is 57.1 Å². The second-order valence-electron chi connectivity index (χ2n) is 18.6. The Morgan fingerprint density at radius 1 is 0.671 bits per heavy atom. The molecule has 29 heteroatoms. The number of nitrogens with zero attached hydrogens (tertiary/aromatic N) is 1. The van der Waals surface area contributed by atoms with Crippen molar-refractivity contribution in [2.24, 2.45) is 28.9 Å². The number of para-hydroxylation sites is 1. The molecular formula is C47H71N13O16. The number of H-pyrrole nitrogens is 1. The summed E-state index contributed by atoms with van der Waals surface area (Å²) in [5.41, 5.74) is 22.9. The van der Waals surface area contributed by atoms with E-state index in [1.165, 1.54) is 0 Å². The summed E-state index contributed by atoms with van der Waals surface area (Å²) in [4.78, 5) is 161. The minimum atomic E-state index is -1.88. The van der Waals surface area contributed by atoms with Gasteiger partial charge in [-0.2, -0.15) is 0 Å². The van der Waals surface area contributed by atoms with Crippen LogP contribution in [0.4, 0.5) is 0 Å². The number of carbonyl (C=O) groups is 12. The van der Waals surface area contributed by atoms with Crippen LogP contribution in [0.3, 0.4) is 0 Å². The second-order valence-corrected chi connectivity index (χ2v) is 18.6. The highest BCUT2D eigenvalue weighted by molar-refractivity contribution is 6.00. The third-order valence-corrected chi connectivity index (χ3v) is 12.7. The first-order chi connectivity index (χ1) is 35.7. The Morgan fingerprint density at radius 2 is 1.21 bits per heavy atom. The van der Waals surface area contributed by atoms with Crippen LogP contribution >= 0.6 is 0 Å². The Bertz CT molecular complexity index is 2450. The molecule has 12 atom stereocenters. The molecule has 76 heavy (non-hydrogen) atoms. The molecule has 0 spiro atoms. The number of carboxylic acid groups (broad SMARTS) is 1. The van der Waals surface area contributed by atoms with Crippen LogP contribution in [0.1, 0.15) is 84.6 Å². The Kier molecular flexibility index (Phi) is 24.2. The third-order valence-electron chi connectivity index (χ3n) is 12.7. The lowest BCUT2D eigenvalue weighted by Crippen LogP contribution is -2.62. The molecule has 0 saturated carbocycles. The highest BCUT2D eigenvalue weighted by atomic mass is 16.4. The Balaban J connectivity index is 1.90. The van der Waals surface area contributed by atoms with Crippen LogP contribution in [-0.4, -0.2) is 181 Å². The molecule has 1 fully saturated rings. The minimum Gasteiger partial charge on any atom is -0.480 e. The first-order valence-corrected chi connectivity index (χ1v) is 24.5. The smallest absolute Gasteiger partial charge is 0.328 e. The van der Waals surface area contributed by atoms with Gasteiger partial charge in [-0.25, -0.2) is 4.79 Å². The number of fused-ring (bicyclic) bond motifs is 1. The van der Waals surface area contributed by atoms with E-state index in [4.69, 9.17) is 22.9 Å². The van der Waals surface area contributed by atoms with Crippen molar-refractivity contribution in [2.45, 2.75) is 152 Å². The maximum absolute atomic E-state index is 14.6. The summed E-state index contributed by atoms with van der Waals surface area (Å²) in [5.74, 6) is -13.2. The normalized spacial score (nSPS) is 17.6. The van der Waals surface area contributed by atoms with Crippen LogP contribution < -0.4 is 60.2 Å². The standard InChI is InChI=1S/C47H71N13O16/c1-5-21(2)36(57-40(68)28(13-15-34(50)65)53-39(67)26(48)12-14-33(49)64)44(72)54-29(18-35(51)66)41(69)56-31(20-61)42(70)55-30(17-24-19-52-27-10-7-6-9-25(24)27)46(74)60-16-8-11-32(60)43(71)58-37(22(3)62)45(73)59-38(23(4)63)47(75)76/h6-7,9-10,19,21-23,26,28-32,36-38,52,61-63H,5,8,11-18,20,48H2,1-4H3,(H2,49,64)(H2,50,65)(H2,51,66)(H,53,67)(H,54,72)(H,55,70)(H,56,69)(H,57,68)(H,58,71)(H,59,73)(H,75,76)/t21-,22+,23+,26-,28-,29-,30-,31-,32-,36-,37-,38-/m0/s1. The highest BCUT2D eigenvalue weighted by Gasteiger charge is 2.42. The molecule has 1 aliphatic rings. The lowest BCUT2D eigenvalue weighted by molar-refractivity contribution is -0.146. The van der Waals surface area contributed by atoms with Crippen LogP contribution in [0, 0.1) is 5.92 Å². The van der Waals surface area contributed by atoms with Gasteiger partial charge in [0.2, 0.25) is 65.0 Å². The molecule has 29 nitrogen and oxygen atoms in total. The van der Waals surface area contributed by atoms with Crippen molar-refractivity contribution < 1.29 is 78.0 Å². The first kappa shape index (κ1) is 62.5. The van der Waals surface area contributed by atoms with Crippen molar-refractivity contribution in [3.63, 3.8) is 0 Å². The summed E-state index contributed by atoms with van der Waals surface area (Å²) in [5, 5.41) is 57.3. The predicted molar refractivity (Wildman–Crippen MR) is 266 cm³/mol. The molecular weight excluding hydrogens is 1000 g/mol. The number of aliphatic hydroxyl groups excluding tert-OH is 3. The monoisotopic (exact) mass is 1070 g/mol. The number of carboxylic acids is 1. The average Bonchev–Trinajstić information content (AvgIpc) is 4.02. The number of nitrogens with one attached hydrogen (secondary N) is 8. The molecule has 3 rings (SSSR count). The second kappa shape index (κ2) is 29.4. The first-order valence-electron chi connectivity index (χ1n) is 24.5. The summed E-state index contributed by atoms with van der Waals surface area (Å²) < 4.78 is 0. The van der Waals surface area contributed by atoms with E-state index in [2.05, 4.69) is 42.2 Å². The molecule has 1 saturated heterocycles. The van der Waals surface area contributed by atoms with Crippen molar-refractivity contribution >= 4 is 81.9 Å². The highest BCUT2D eigenvalue weighted by Crippen LogP contribution is 2.23. The fourth-order valence-electron chi connectivity index (χ4n) is 8.14. The summed E-state index contributed by atoms with van der Waals surface area (Å²) >= 11 is 0. The Labute approximate surface area is 436 Å². The van der Waals surface area contributed by atoms with Crippen molar-refractivity contribution in [1.82, 2.24) is 47.1 Å². The third kappa shape index (κ3) is 18.3. The van der Waals surface area contributed by atoms with Gasteiger partial charge in [0.05, 0.1) is 31.3 Å². The maximum Gasteiger partial charge on any atom is 0.328 e. The average molecular weight is 1070 g/mol. The molecule has 2 aromatic rings. The van der Waals surface area contributed by atoms with E-state index in [9.17, 15) is 78.0 Å². The molecule has 2 heterocycles. The van der Waals surface area contributed by atoms with E-state index in [1.807, 2.05) is 0 Å². The number of aromatic nitrogens is 1. The summed E-state index contributed by atoms with van der Waals surface area (Å²) in [6.45, 7) is 4.29.